The van der Waals surface area contributed by atoms with Crippen LogP contribution in [-0.2, 0) is 0 Å². The van der Waals surface area contributed by atoms with Crippen LogP contribution in [0, 0.1) is 0 Å². The van der Waals surface area contributed by atoms with Crippen molar-refractivity contribution in [1.29, 1.82) is 0 Å². The van der Waals surface area contributed by atoms with Gasteiger partial charge < -0.3 is 4.90 Å². The van der Waals surface area contributed by atoms with Gasteiger partial charge in [-0.2, -0.15) is 0 Å². The summed E-state index contributed by atoms with van der Waals surface area (Å²) in [5.41, 5.74) is 1.58. The third kappa shape index (κ3) is 3.51. The summed E-state index contributed by atoms with van der Waals surface area (Å²) in [6.07, 6.45) is 9.01. The second kappa shape index (κ2) is 5.43. The summed E-state index contributed by atoms with van der Waals surface area (Å²) in [5, 5.41) is 0. The van der Waals surface area contributed by atoms with E-state index in [1.807, 2.05) is 0 Å². The molecule has 0 fully saturated rings. The Balaban J connectivity index is 2.28. The quantitative estimate of drug-likeness (QED) is 0.602. The number of nitrogens with zero attached hydrogens (tertiary/aromatic N) is 1. The first-order valence-corrected chi connectivity index (χ1v) is 5.60. The summed E-state index contributed by atoms with van der Waals surface area (Å²) in [4.78, 5) is 2.53. The predicted molar refractivity (Wildman–Crippen MR) is 58.9 cm³/mol. The first-order chi connectivity index (χ1) is 6.24. The second-order valence-corrected chi connectivity index (χ2v) is 4.31. The first-order valence-electron chi connectivity index (χ1n) is 5.60. The molecule has 0 amide bonds. The minimum absolute atomic E-state index is 0.815. The molecule has 1 unspecified atom stereocenters. The van der Waals surface area contributed by atoms with Gasteiger partial charge in [0, 0.05) is 6.04 Å². The fraction of sp³-hybridized carbons (Fsp3) is 0.833. The van der Waals surface area contributed by atoms with Gasteiger partial charge in [-0.15, -0.1) is 0 Å². The fourth-order valence-corrected chi connectivity index (χ4v) is 1.94. The first kappa shape index (κ1) is 10.8. The molecular weight excluding hydrogens is 158 g/mol. The van der Waals surface area contributed by atoms with Gasteiger partial charge in [0.2, 0.25) is 0 Å². The summed E-state index contributed by atoms with van der Waals surface area (Å²) in [5.74, 6) is 0. The van der Waals surface area contributed by atoms with Crippen LogP contribution in [0.4, 0.5) is 0 Å². The zero-order valence-corrected chi connectivity index (χ0v) is 9.34. The van der Waals surface area contributed by atoms with Crippen molar-refractivity contribution in [3.8, 4) is 0 Å². The Labute approximate surface area is 82.8 Å². The van der Waals surface area contributed by atoms with Crippen molar-refractivity contribution in [3.05, 3.63) is 11.6 Å². The number of rotatable bonds is 4. The van der Waals surface area contributed by atoms with E-state index >= 15 is 0 Å². The summed E-state index contributed by atoms with van der Waals surface area (Å²) >= 11 is 0. The van der Waals surface area contributed by atoms with Gasteiger partial charge in [-0.25, -0.2) is 0 Å². The monoisotopic (exact) mass is 181 g/mol. The zero-order chi connectivity index (χ0) is 9.68. The van der Waals surface area contributed by atoms with E-state index in [9.17, 15) is 0 Å². The number of hydrogen-bond donors (Lipinski definition) is 0. The molecule has 0 heterocycles. The van der Waals surface area contributed by atoms with Crippen LogP contribution in [0.25, 0.3) is 0 Å². The van der Waals surface area contributed by atoms with E-state index in [4.69, 9.17) is 0 Å². The maximum atomic E-state index is 2.53. The van der Waals surface area contributed by atoms with Crippen LogP contribution < -0.4 is 0 Å². The van der Waals surface area contributed by atoms with Gasteiger partial charge in [0.1, 0.15) is 0 Å². The lowest BCUT2D eigenvalue weighted by Crippen LogP contribution is -2.33. The van der Waals surface area contributed by atoms with Crippen LogP contribution in [0.5, 0.6) is 0 Å². The standard InChI is InChI=1S/C12H23N/c1-4-5-10-13(3)12-8-6-11(2)7-9-12/h6,12H,4-5,7-10H2,1-3H3. The molecule has 0 aromatic rings. The molecule has 0 spiro atoms. The van der Waals surface area contributed by atoms with Gasteiger partial charge in [0.15, 0.2) is 0 Å². The van der Waals surface area contributed by atoms with E-state index in [1.54, 1.807) is 5.57 Å². The normalized spacial score (nSPS) is 23.4. The smallest absolute Gasteiger partial charge is 0.0130 e. The van der Waals surface area contributed by atoms with Crippen molar-refractivity contribution in [2.45, 2.75) is 52.0 Å². The summed E-state index contributed by atoms with van der Waals surface area (Å²) in [6, 6.07) is 0.815. The van der Waals surface area contributed by atoms with E-state index in [1.165, 1.54) is 38.6 Å². The molecule has 76 valence electrons. The molecule has 1 aliphatic carbocycles. The van der Waals surface area contributed by atoms with Gasteiger partial charge in [-0.1, -0.05) is 25.0 Å². The molecule has 1 nitrogen and oxygen atoms in total. The largest absolute Gasteiger partial charge is 0.303 e. The lowest BCUT2D eigenvalue weighted by Gasteiger charge is -2.30. The van der Waals surface area contributed by atoms with Gasteiger partial charge in [0.25, 0.3) is 0 Å². The van der Waals surface area contributed by atoms with E-state index < -0.39 is 0 Å². The highest BCUT2D eigenvalue weighted by molar-refractivity contribution is 5.04. The third-order valence-electron chi connectivity index (χ3n) is 3.10. The van der Waals surface area contributed by atoms with Gasteiger partial charge in [-0.05, 0) is 46.2 Å². The maximum Gasteiger partial charge on any atom is 0.0130 e. The molecule has 0 aromatic carbocycles. The second-order valence-electron chi connectivity index (χ2n) is 4.31. The van der Waals surface area contributed by atoms with Crippen molar-refractivity contribution in [2.75, 3.05) is 13.6 Å². The minimum Gasteiger partial charge on any atom is -0.303 e. The van der Waals surface area contributed by atoms with Crippen LogP contribution in [0.2, 0.25) is 0 Å². The highest BCUT2D eigenvalue weighted by Crippen LogP contribution is 2.21. The maximum absolute atomic E-state index is 2.53. The highest BCUT2D eigenvalue weighted by atomic mass is 15.1. The molecule has 1 heteroatoms. The molecule has 0 aliphatic heterocycles. The minimum atomic E-state index is 0.815. The van der Waals surface area contributed by atoms with Gasteiger partial charge >= 0.3 is 0 Å². The van der Waals surface area contributed by atoms with Crippen LogP contribution in [0.15, 0.2) is 11.6 Å². The molecule has 0 N–H and O–H groups in total. The number of unbranched alkanes of at least 4 members (excludes halogenated alkanes) is 1. The van der Waals surface area contributed by atoms with Crippen molar-refractivity contribution >= 4 is 0 Å². The molecule has 0 aromatic heterocycles. The lowest BCUT2D eigenvalue weighted by molar-refractivity contribution is 0.222. The average Bonchev–Trinajstić information content (AvgIpc) is 2.15. The van der Waals surface area contributed by atoms with E-state index in [-0.39, 0.29) is 0 Å². The molecule has 0 saturated carbocycles. The third-order valence-corrected chi connectivity index (χ3v) is 3.10. The lowest BCUT2D eigenvalue weighted by atomic mass is 9.95. The molecule has 0 radical (unpaired) electrons. The Kier molecular flexibility index (Phi) is 4.51. The van der Waals surface area contributed by atoms with Crippen LogP contribution in [-0.4, -0.2) is 24.5 Å². The molecule has 1 atom stereocenters. The predicted octanol–water partition coefficient (Wildman–Crippen LogP) is 3.22. The Morgan fingerprint density at radius 3 is 2.85 bits per heavy atom. The molecule has 0 bridgehead atoms. The molecule has 1 aliphatic rings. The topological polar surface area (TPSA) is 3.24 Å². The molecule has 13 heavy (non-hydrogen) atoms. The summed E-state index contributed by atoms with van der Waals surface area (Å²) in [6.45, 7) is 5.79. The fourth-order valence-electron chi connectivity index (χ4n) is 1.94. The van der Waals surface area contributed by atoms with Gasteiger partial charge in [0.05, 0.1) is 0 Å². The zero-order valence-electron chi connectivity index (χ0n) is 9.34. The van der Waals surface area contributed by atoms with Crippen LogP contribution >= 0.6 is 0 Å². The van der Waals surface area contributed by atoms with Crippen molar-refractivity contribution in [3.63, 3.8) is 0 Å². The SMILES string of the molecule is CCCCN(C)C1CC=C(C)CC1. The van der Waals surface area contributed by atoms with E-state index in [0.717, 1.165) is 6.04 Å². The Morgan fingerprint density at radius 2 is 2.31 bits per heavy atom. The number of hydrogen-bond acceptors (Lipinski definition) is 1. The Hall–Kier alpha value is -0.300. The average molecular weight is 181 g/mol. The van der Waals surface area contributed by atoms with Crippen molar-refractivity contribution in [2.24, 2.45) is 0 Å². The summed E-state index contributed by atoms with van der Waals surface area (Å²) in [7, 11) is 2.27. The van der Waals surface area contributed by atoms with Crippen molar-refractivity contribution < 1.29 is 0 Å². The van der Waals surface area contributed by atoms with E-state index in [0.29, 0.717) is 0 Å². The summed E-state index contributed by atoms with van der Waals surface area (Å²) < 4.78 is 0. The van der Waals surface area contributed by atoms with E-state index in [2.05, 4.69) is 31.9 Å². The van der Waals surface area contributed by atoms with Crippen LogP contribution in [0.3, 0.4) is 0 Å². The molecule has 1 rings (SSSR count). The van der Waals surface area contributed by atoms with Crippen LogP contribution in [0.1, 0.15) is 46.0 Å². The Morgan fingerprint density at radius 1 is 1.54 bits per heavy atom. The molecule has 0 saturated heterocycles. The number of allylic oxidation sites excluding steroid dienone is 1. The van der Waals surface area contributed by atoms with Crippen molar-refractivity contribution in [1.82, 2.24) is 4.90 Å². The Bertz CT molecular complexity index is 172. The van der Waals surface area contributed by atoms with Gasteiger partial charge in [-0.3, -0.25) is 0 Å². The highest BCUT2D eigenvalue weighted by Gasteiger charge is 2.16. The molecular formula is C12H23N.